The molecule has 5 nitrogen and oxygen atoms in total. The smallest absolute Gasteiger partial charge is 0.274 e. The van der Waals surface area contributed by atoms with Crippen molar-refractivity contribution in [1.82, 2.24) is 9.97 Å². The standard InChI is InChI=1S/C24H28N4O/c1-16(2)28(15-20-11-7-6-8-12-20)24-25-18(4)14-22(27-24)23(29)26-21-13-9-10-17(3)19(21)5/h6-14,16H,15H2,1-5H3,(H,26,29). The minimum Gasteiger partial charge on any atom is -0.334 e. The molecular formula is C24H28N4O. The molecule has 0 radical (unpaired) electrons. The summed E-state index contributed by atoms with van der Waals surface area (Å²) in [6, 6.07) is 18.0. The lowest BCUT2D eigenvalue weighted by Crippen LogP contribution is -2.32. The largest absolute Gasteiger partial charge is 0.334 e. The predicted molar refractivity (Wildman–Crippen MR) is 118 cm³/mol. The van der Waals surface area contributed by atoms with Crippen LogP contribution in [-0.2, 0) is 6.54 Å². The molecule has 0 spiro atoms. The number of carbonyl (C=O) groups is 1. The summed E-state index contributed by atoms with van der Waals surface area (Å²) in [4.78, 5) is 24.2. The number of aryl methyl sites for hydroxylation is 2. The summed E-state index contributed by atoms with van der Waals surface area (Å²) in [6.45, 7) is 10.8. The van der Waals surface area contributed by atoms with E-state index in [1.54, 1.807) is 6.07 Å². The van der Waals surface area contributed by atoms with Gasteiger partial charge < -0.3 is 10.2 Å². The van der Waals surface area contributed by atoms with Gasteiger partial charge in [0.1, 0.15) is 5.69 Å². The van der Waals surface area contributed by atoms with E-state index in [1.165, 1.54) is 5.56 Å². The van der Waals surface area contributed by atoms with Crippen LogP contribution >= 0.6 is 0 Å². The summed E-state index contributed by atoms with van der Waals surface area (Å²) in [5.41, 5.74) is 5.30. The third-order valence-corrected chi connectivity index (χ3v) is 5.00. The van der Waals surface area contributed by atoms with Gasteiger partial charge in [0, 0.05) is 24.0 Å². The first kappa shape index (κ1) is 20.5. The SMILES string of the molecule is Cc1cc(C(=O)Nc2cccc(C)c2C)nc(N(Cc2ccccc2)C(C)C)n1. The molecule has 1 amide bonds. The second-order valence-corrected chi connectivity index (χ2v) is 7.60. The van der Waals surface area contributed by atoms with Crippen molar-refractivity contribution in [3.8, 4) is 0 Å². The Hall–Kier alpha value is -3.21. The number of amides is 1. The predicted octanol–water partition coefficient (Wildman–Crippen LogP) is 5.07. The van der Waals surface area contributed by atoms with Crippen molar-refractivity contribution >= 4 is 17.5 Å². The van der Waals surface area contributed by atoms with Gasteiger partial charge in [-0.2, -0.15) is 0 Å². The van der Waals surface area contributed by atoms with Gasteiger partial charge in [0.2, 0.25) is 5.95 Å². The van der Waals surface area contributed by atoms with E-state index in [1.807, 2.05) is 57.2 Å². The first-order valence-electron chi connectivity index (χ1n) is 9.89. The third-order valence-electron chi connectivity index (χ3n) is 5.00. The van der Waals surface area contributed by atoms with Gasteiger partial charge in [-0.25, -0.2) is 9.97 Å². The minimum atomic E-state index is -0.228. The molecule has 0 aliphatic heterocycles. The zero-order chi connectivity index (χ0) is 21.0. The molecule has 29 heavy (non-hydrogen) atoms. The molecule has 0 saturated heterocycles. The van der Waals surface area contributed by atoms with Crippen molar-refractivity contribution in [2.24, 2.45) is 0 Å². The van der Waals surface area contributed by atoms with Crippen molar-refractivity contribution in [1.29, 1.82) is 0 Å². The highest BCUT2D eigenvalue weighted by Crippen LogP contribution is 2.20. The maximum Gasteiger partial charge on any atom is 0.274 e. The minimum absolute atomic E-state index is 0.187. The quantitative estimate of drug-likeness (QED) is 0.640. The molecule has 0 bridgehead atoms. The first-order chi connectivity index (χ1) is 13.8. The fraction of sp³-hybridized carbons (Fsp3) is 0.292. The number of hydrogen-bond donors (Lipinski definition) is 1. The number of benzene rings is 2. The van der Waals surface area contributed by atoms with Crippen LogP contribution in [0.25, 0.3) is 0 Å². The van der Waals surface area contributed by atoms with Crippen LogP contribution in [0, 0.1) is 20.8 Å². The van der Waals surface area contributed by atoms with Crippen LogP contribution in [0.4, 0.5) is 11.6 Å². The molecule has 0 unspecified atom stereocenters. The van der Waals surface area contributed by atoms with Crippen molar-refractivity contribution in [2.75, 3.05) is 10.2 Å². The molecule has 1 N–H and O–H groups in total. The van der Waals surface area contributed by atoms with Crippen molar-refractivity contribution < 1.29 is 4.79 Å². The lowest BCUT2D eigenvalue weighted by molar-refractivity contribution is 0.102. The number of rotatable bonds is 6. The Morgan fingerprint density at radius 3 is 2.41 bits per heavy atom. The van der Waals surface area contributed by atoms with Gasteiger partial charge in [-0.05, 0) is 63.4 Å². The molecule has 3 rings (SSSR count). The van der Waals surface area contributed by atoms with Crippen LogP contribution in [0.1, 0.15) is 46.7 Å². The summed E-state index contributed by atoms with van der Waals surface area (Å²) >= 11 is 0. The number of anilines is 2. The van der Waals surface area contributed by atoms with Crippen LogP contribution < -0.4 is 10.2 Å². The Balaban J connectivity index is 1.89. The molecule has 5 heteroatoms. The third kappa shape index (κ3) is 4.99. The molecule has 1 heterocycles. The molecular weight excluding hydrogens is 360 g/mol. The van der Waals surface area contributed by atoms with E-state index in [4.69, 9.17) is 0 Å². The molecule has 150 valence electrons. The molecule has 0 saturated carbocycles. The highest BCUT2D eigenvalue weighted by atomic mass is 16.1. The van der Waals surface area contributed by atoms with Crippen LogP contribution in [0.2, 0.25) is 0 Å². The Kier molecular flexibility index (Phi) is 6.27. The van der Waals surface area contributed by atoms with E-state index in [9.17, 15) is 4.79 Å². The summed E-state index contributed by atoms with van der Waals surface area (Å²) in [5, 5.41) is 2.99. The normalized spacial score (nSPS) is 10.8. The first-order valence-corrected chi connectivity index (χ1v) is 9.89. The molecule has 0 fully saturated rings. The monoisotopic (exact) mass is 388 g/mol. The Labute approximate surface area is 172 Å². The number of carbonyl (C=O) groups excluding carboxylic acids is 1. The fourth-order valence-corrected chi connectivity index (χ4v) is 3.13. The lowest BCUT2D eigenvalue weighted by Gasteiger charge is -2.27. The summed E-state index contributed by atoms with van der Waals surface area (Å²) < 4.78 is 0. The van der Waals surface area contributed by atoms with Gasteiger partial charge in [0.05, 0.1) is 0 Å². The van der Waals surface area contributed by atoms with Crippen molar-refractivity contribution in [3.63, 3.8) is 0 Å². The zero-order valence-corrected chi connectivity index (χ0v) is 17.7. The van der Waals surface area contributed by atoms with Gasteiger partial charge in [-0.15, -0.1) is 0 Å². The fourth-order valence-electron chi connectivity index (χ4n) is 3.13. The molecule has 0 aliphatic carbocycles. The topological polar surface area (TPSA) is 58.1 Å². The molecule has 0 aliphatic rings. The Bertz CT molecular complexity index is 999. The highest BCUT2D eigenvalue weighted by Gasteiger charge is 2.18. The highest BCUT2D eigenvalue weighted by molar-refractivity contribution is 6.03. The van der Waals surface area contributed by atoms with E-state index in [0.717, 1.165) is 22.5 Å². The Morgan fingerprint density at radius 1 is 1.00 bits per heavy atom. The van der Waals surface area contributed by atoms with Crippen molar-refractivity contribution in [2.45, 2.75) is 47.2 Å². The second kappa shape index (κ2) is 8.86. The van der Waals surface area contributed by atoms with Gasteiger partial charge in [-0.1, -0.05) is 42.5 Å². The summed E-state index contributed by atoms with van der Waals surface area (Å²) in [6.07, 6.45) is 0. The van der Waals surface area contributed by atoms with Crippen LogP contribution in [0.3, 0.4) is 0 Å². The molecule has 3 aromatic rings. The summed E-state index contributed by atoms with van der Waals surface area (Å²) in [7, 11) is 0. The van der Waals surface area contributed by atoms with Crippen LogP contribution in [-0.4, -0.2) is 21.9 Å². The maximum atomic E-state index is 12.9. The average Bonchev–Trinajstić information content (AvgIpc) is 2.69. The molecule has 1 aromatic heterocycles. The van der Waals surface area contributed by atoms with E-state index in [-0.39, 0.29) is 11.9 Å². The molecule has 2 aromatic carbocycles. The maximum absolute atomic E-state index is 12.9. The zero-order valence-electron chi connectivity index (χ0n) is 17.7. The average molecular weight is 389 g/mol. The van der Waals surface area contributed by atoms with Gasteiger partial charge in [0.15, 0.2) is 0 Å². The van der Waals surface area contributed by atoms with Crippen LogP contribution in [0.15, 0.2) is 54.6 Å². The number of hydrogen-bond acceptors (Lipinski definition) is 4. The number of nitrogens with zero attached hydrogens (tertiary/aromatic N) is 3. The van der Waals surface area contributed by atoms with Gasteiger partial charge in [0.25, 0.3) is 5.91 Å². The Morgan fingerprint density at radius 2 is 1.72 bits per heavy atom. The van der Waals surface area contributed by atoms with Crippen LogP contribution in [0.5, 0.6) is 0 Å². The number of aromatic nitrogens is 2. The van der Waals surface area contributed by atoms with E-state index in [0.29, 0.717) is 18.2 Å². The van der Waals surface area contributed by atoms with E-state index >= 15 is 0 Å². The van der Waals surface area contributed by atoms with E-state index in [2.05, 4.69) is 46.2 Å². The lowest BCUT2D eigenvalue weighted by atomic mass is 10.1. The van der Waals surface area contributed by atoms with Gasteiger partial charge in [-0.3, -0.25) is 4.79 Å². The second-order valence-electron chi connectivity index (χ2n) is 7.60. The van der Waals surface area contributed by atoms with Gasteiger partial charge >= 0.3 is 0 Å². The number of nitrogens with one attached hydrogen (secondary N) is 1. The van der Waals surface area contributed by atoms with Crippen molar-refractivity contribution in [3.05, 3.63) is 82.7 Å². The summed E-state index contributed by atoms with van der Waals surface area (Å²) in [5.74, 6) is 0.337. The van der Waals surface area contributed by atoms with E-state index < -0.39 is 0 Å². The molecule has 0 atom stereocenters.